The summed E-state index contributed by atoms with van der Waals surface area (Å²) in [7, 11) is -2.43. The van der Waals surface area contributed by atoms with Crippen LogP contribution in [0, 0.1) is 6.92 Å². The molecule has 2 aromatic rings. The Balaban J connectivity index is 1.85. The first-order valence-electron chi connectivity index (χ1n) is 11.3. The second-order valence-electron chi connectivity index (χ2n) is 10.1. The highest BCUT2D eigenvalue weighted by Gasteiger charge is 2.45. The van der Waals surface area contributed by atoms with E-state index in [-0.39, 0.29) is 11.5 Å². The van der Waals surface area contributed by atoms with Crippen molar-refractivity contribution in [1.29, 1.82) is 0 Å². The van der Waals surface area contributed by atoms with Gasteiger partial charge in [0.1, 0.15) is 18.0 Å². The predicted octanol–water partition coefficient (Wildman–Crippen LogP) is 6.65. The summed E-state index contributed by atoms with van der Waals surface area (Å²) in [6.07, 6.45) is -1.41. The number of cyclic esters (lactones) is 1. The van der Waals surface area contributed by atoms with Gasteiger partial charge in [-0.25, -0.2) is 19.1 Å². The van der Waals surface area contributed by atoms with Gasteiger partial charge in [-0.2, -0.15) is 0 Å². The highest BCUT2D eigenvalue weighted by Crippen LogP contribution is 2.39. The monoisotopic (exact) mass is 504 g/mol. The molecule has 2 amide bonds. The van der Waals surface area contributed by atoms with Gasteiger partial charge in [0, 0.05) is 5.38 Å². The summed E-state index contributed by atoms with van der Waals surface area (Å²) in [5, 5.41) is 2.38. The molecule has 3 rings (SSSR count). The number of aryl methyl sites for hydroxylation is 1. The number of aromatic nitrogens is 1. The first-order chi connectivity index (χ1) is 15.8. The van der Waals surface area contributed by atoms with Gasteiger partial charge in [-0.05, 0) is 43.6 Å². The summed E-state index contributed by atoms with van der Waals surface area (Å²) >= 11 is 1.42. The zero-order valence-electron chi connectivity index (χ0n) is 20.8. The largest absolute Gasteiger partial charge is 0.439 e. The smallest absolute Gasteiger partial charge is 0.417 e. The van der Waals surface area contributed by atoms with Gasteiger partial charge in [-0.1, -0.05) is 51.1 Å². The average Bonchev–Trinajstić information content (AvgIpc) is 3.28. The third-order valence-corrected chi connectivity index (χ3v) is 11.8. The number of amides is 2. The number of halogens is 1. The maximum Gasteiger partial charge on any atom is 0.417 e. The summed E-state index contributed by atoms with van der Waals surface area (Å²) in [4.78, 5) is 31.3. The molecule has 0 N–H and O–H groups in total. The third kappa shape index (κ3) is 5.82. The van der Waals surface area contributed by atoms with Gasteiger partial charge in [0.15, 0.2) is 8.32 Å². The van der Waals surface area contributed by atoms with Crippen LogP contribution in [0.15, 0.2) is 41.5 Å². The molecule has 1 fully saturated rings. The number of nitrogens with zero attached hydrogens (tertiary/aromatic N) is 2. The fourth-order valence-corrected chi connectivity index (χ4v) is 5.38. The van der Waals surface area contributed by atoms with Gasteiger partial charge >= 0.3 is 6.09 Å². The lowest BCUT2D eigenvalue weighted by Gasteiger charge is -2.39. The summed E-state index contributed by atoms with van der Waals surface area (Å²) in [5.74, 6) is -1.11. The number of carbonyl (C=O) groups is 2. The Morgan fingerprint density at radius 2 is 1.97 bits per heavy atom. The first-order valence-corrected chi connectivity index (χ1v) is 15.1. The van der Waals surface area contributed by atoms with Crippen LogP contribution in [0.25, 0.3) is 6.08 Å². The Hall–Kier alpha value is -2.36. The lowest BCUT2D eigenvalue weighted by atomic mass is 10.0. The van der Waals surface area contributed by atoms with E-state index in [9.17, 15) is 9.59 Å². The van der Waals surface area contributed by atoms with Gasteiger partial charge in [-0.3, -0.25) is 4.79 Å². The number of hydrogen-bond donors (Lipinski definition) is 0. The number of thiazole rings is 1. The lowest BCUT2D eigenvalue weighted by Crippen LogP contribution is -2.46. The SMILES string of the molecule is Cc1nc(/C=C(\F)[C@H](CC(=O)N2C(=O)O[C@H](c3ccccc3)[C@@H]2C)O[Si](C)(C)C(C)(C)C)cs1. The Bertz CT molecular complexity index is 1060. The molecule has 1 aliphatic rings. The van der Waals surface area contributed by atoms with E-state index < -0.39 is 44.4 Å². The van der Waals surface area contributed by atoms with Crippen molar-refractivity contribution >= 4 is 37.7 Å². The maximum absolute atomic E-state index is 15.5. The van der Waals surface area contributed by atoms with Crippen molar-refractivity contribution < 1.29 is 23.1 Å². The van der Waals surface area contributed by atoms with Crippen LogP contribution in [-0.4, -0.2) is 42.3 Å². The van der Waals surface area contributed by atoms with Gasteiger partial charge in [0.05, 0.1) is 23.2 Å². The van der Waals surface area contributed by atoms with E-state index in [0.717, 1.165) is 15.5 Å². The zero-order valence-corrected chi connectivity index (χ0v) is 22.6. The van der Waals surface area contributed by atoms with Crippen molar-refractivity contribution in [3.8, 4) is 0 Å². The van der Waals surface area contributed by atoms with Crippen LogP contribution in [0.3, 0.4) is 0 Å². The topological polar surface area (TPSA) is 68.7 Å². The number of hydrogen-bond acceptors (Lipinski definition) is 6. The molecular weight excluding hydrogens is 471 g/mol. The molecule has 9 heteroatoms. The predicted molar refractivity (Wildman–Crippen MR) is 135 cm³/mol. The van der Waals surface area contributed by atoms with Gasteiger partial charge < -0.3 is 9.16 Å². The Morgan fingerprint density at radius 1 is 1.32 bits per heavy atom. The van der Waals surface area contributed by atoms with E-state index in [2.05, 4.69) is 4.98 Å². The molecular formula is C25H33FN2O4SSi. The summed E-state index contributed by atoms with van der Waals surface area (Å²) in [6.45, 7) is 13.8. The van der Waals surface area contributed by atoms with Crippen LogP contribution in [0.5, 0.6) is 0 Å². The summed E-state index contributed by atoms with van der Waals surface area (Å²) in [5.41, 5.74) is 1.28. The molecule has 0 bridgehead atoms. The molecule has 1 saturated heterocycles. The molecule has 184 valence electrons. The molecule has 2 heterocycles. The number of benzene rings is 1. The number of ether oxygens (including phenoxy) is 1. The van der Waals surface area contributed by atoms with Crippen molar-refractivity contribution in [2.45, 2.75) is 77.4 Å². The molecule has 0 unspecified atom stereocenters. The Morgan fingerprint density at radius 3 is 2.53 bits per heavy atom. The van der Waals surface area contributed by atoms with Crippen molar-refractivity contribution in [2.75, 3.05) is 0 Å². The van der Waals surface area contributed by atoms with E-state index in [1.54, 1.807) is 12.3 Å². The van der Waals surface area contributed by atoms with E-state index >= 15 is 4.39 Å². The highest BCUT2D eigenvalue weighted by atomic mass is 32.1. The van der Waals surface area contributed by atoms with Crippen molar-refractivity contribution in [2.24, 2.45) is 0 Å². The number of rotatable bonds is 7. The van der Waals surface area contributed by atoms with E-state index in [4.69, 9.17) is 9.16 Å². The fourth-order valence-electron chi connectivity index (χ4n) is 3.55. The van der Waals surface area contributed by atoms with Gasteiger partial charge in [0.25, 0.3) is 0 Å². The van der Waals surface area contributed by atoms with Crippen LogP contribution >= 0.6 is 11.3 Å². The van der Waals surface area contributed by atoms with Crippen molar-refractivity contribution in [3.63, 3.8) is 0 Å². The molecule has 0 spiro atoms. The zero-order chi connectivity index (χ0) is 25.3. The van der Waals surface area contributed by atoms with Gasteiger partial charge in [-0.15, -0.1) is 11.3 Å². The fraction of sp³-hybridized carbons (Fsp3) is 0.480. The maximum atomic E-state index is 15.5. The molecule has 0 saturated carbocycles. The average molecular weight is 505 g/mol. The Labute approximate surface area is 205 Å². The quantitative estimate of drug-likeness (QED) is 0.395. The van der Waals surface area contributed by atoms with Crippen LogP contribution in [0.2, 0.25) is 18.1 Å². The molecule has 1 aromatic carbocycles. The molecule has 1 aromatic heterocycles. The molecule has 1 aliphatic heterocycles. The van der Waals surface area contributed by atoms with E-state index in [1.807, 2.05) is 71.1 Å². The number of imide groups is 1. The molecule has 0 radical (unpaired) electrons. The highest BCUT2D eigenvalue weighted by molar-refractivity contribution is 7.09. The normalized spacial score (nSPS) is 20.4. The molecule has 0 aliphatic carbocycles. The van der Waals surface area contributed by atoms with Gasteiger partial charge in [0.2, 0.25) is 5.91 Å². The van der Waals surface area contributed by atoms with Crippen LogP contribution in [0.1, 0.15) is 56.5 Å². The minimum absolute atomic E-state index is 0.190. The number of carbonyl (C=O) groups excluding carboxylic acids is 2. The second kappa shape index (κ2) is 10.1. The van der Waals surface area contributed by atoms with Crippen molar-refractivity contribution in [3.05, 3.63) is 57.8 Å². The van der Waals surface area contributed by atoms with Crippen LogP contribution in [0.4, 0.5) is 9.18 Å². The molecule has 34 heavy (non-hydrogen) atoms. The first kappa shape index (κ1) is 26.2. The molecule has 3 atom stereocenters. The van der Waals surface area contributed by atoms with Crippen LogP contribution < -0.4 is 0 Å². The standard InChI is InChI=1S/C25H33FN2O4SSi/c1-16-23(18-11-9-8-10-12-18)31-24(30)28(16)22(29)14-21(32-34(6,7)25(3,4)5)20(26)13-19-15-33-17(2)27-19/h8-13,15-16,21,23H,14H2,1-7H3/b20-13-/t16-,21-,23-/m0/s1. The van der Waals surface area contributed by atoms with E-state index in [0.29, 0.717) is 5.69 Å². The minimum atomic E-state index is -2.43. The minimum Gasteiger partial charge on any atom is -0.439 e. The Kier molecular flexibility index (Phi) is 7.79. The second-order valence-corrected chi connectivity index (χ2v) is 15.9. The van der Waals surface area contributed by atoms with E-state index in [1.165, 1.54) is 17.4 Å². The van der Waals surface area contributed by atoms with Crippen LogP contribution in [-0.2, 0) is 14.0 Å². The van der Waals surface area contributed by atoms with Crippen molar-refractivity contribution in [1.82, 2.24) is 9.88 Å². The molecule has 6 nitrogen and oxygen atoms in total. The summed E-state index contributed by atoms with van der Waals surface area (Å²) < 4.78 is 27.3. The lowest BCUT2D eigenvalue weighted by molar-refractivity contribution is -0.130. The summed E-state index contributed by atoms with van der Waals surface area (Å²) in [6, 6.07) is 8.75. The third-order valence-electron chi connectivity index (χ3n) is 6.50.